The molecule has 1 aromatic carbocycles. The summed E-state index contributed by atoms with van der Waals surface area (Å²) in [6.07, 6.45) is 2.84. The van der Waals surface area contributed by atoms with Crippen molar-refractivity contribution in [2.24, 2.45) is 5.92 Å². The maximum absolute atomic E-state index is 12.3. The fraction of sp³-hybridized carbons (Fsp3) is 0.421. The van der Waals surface area contributed by atoms with Gasteiger partial charge in [-0.25, -0.2) is 4.68 Å². The van der Waals surface area contributed by atoms with Crippen LogP contribution in [-0.2, 0) is 24.2 Å². The summed E-state index contributed by atoms with van der Waals surface area (Å²) in [4.78, 5) is 24.5. The number of nitrogens with zero attached hydrogens (tertiary/aromatic N) is 2. The third-order valence-electron chi connectivity index (χ3n) is 4.57. The number of carbonyl (C=O) groups is 1. The standard InChI is InChI=1S/C19H23N3O2/c1-12-5-7-16-15(8-12)10-19(24)22(21-16)11-18(23)20-17-9-13(2)4-6-14(17)3/h4,6,9-10,12H,5,7-8,11H2,1-3H3,(H,20,23). The number of rotatable bonds is 3. The molecular weight excluding hydrogens is 302 g/mol. The van der Waals surface area contributed by atoms with Crippen LogP contribution in [0, 0.1) is 19.8 Å². The van der Waals surface area contributed by atoms with Crippen molar-refractivity contribution in [2.75, 3.05) is 5.32 Å². The molecule has 1 aliphatic carbocycles. The van der Waals surface area contributed by atoms with Crippen LogP contribution in [0.1, 0.15) is 35.7 Å². The Morgan fingerprint density at radius 2 is 2.12 bits per heavy atom. The van der Waals surface area contributed by atoms with Crippen LogP contribution in [0.2, 0.25) is 0 Å². The lowest BCUT2D eigenvalue weighted by Crippen LogP contribution is -2.32. The summed E-state index contributed by atoms with van der Waals surface area (Å²) in [5, 5.41) is 7.29. The van der Waals surface area contributed by atoms with E-state index >= 15 is 0 Å². The molecule has 0 bridgehead atoms. The Hall–Kier alpha value is -2.43. The van der Waals surface area contributed by atoms with Crippen LogP contribution in [-0.4, -0.2) is 15.7 Å². The monoisotopic (exact) mass is 325 g/mol. The van der Waals surface area contributed by atoms with Gasteiger partial charge >= 0.3 is 0 Å². The second kappa shape index (κ2) is 6.59. The van der Waals surface area contributed by atoms with Crippen LogP contribution in [0.5, 0.6) is 0 Å². The molecule has 3 rings (SSSR count). The molecule has 0 aliphatic heterocycles. The van der Waals surface area contributed by atoms with Crippen molar-refractivity contribution in [3.05, 3.63) is 57.0 Å². The summed E-state index contributed by atoms with van der Waals surface area (Å²) in [7, 11) is 0. The predicted molar refractivity (Wildman–Crippen MR) is 94.2 cm³/mol. The van der Waals surface area contributed by atoms with Gasteiger partial charge in [-0.1, -0.05) is 19.1 Å². The highest BCUT2D eigenvalue weighted by Gasteiger charge is 2.19. The molecule has 1 aliphatic rings. The van der Waals surface area contributed by atoms with Crippen LogP contribution >= 0.6 is 0 Å². The first-order valence-electron chi connectivity index (χ1n) is 8.39. The summed E-state index contributed by atoms with van der Waals surface area (Å²) in [5.74, 6) is 0.351. The number of amides is 1. The molecular formula is C19H23N3O2. The van der Waals surface area contributed by atoms with Crippen molar-refractivity contribution in [2.45, 2.75) is 46.6 Å². The molecule has 0 saturated heterocycles. The first kappa shape index (κ1) is 16.4. The van der Waals surface area contributed by atoms with Crippen molar-refractivity contribution < 1.29 is 4.79 Å². The lowest BCUT2D eigenvalue weighted by molar-refractivity contribution is -0.117. The van der Waals surface area contributed by atoms with E-state index in [-0.39, 0.29) is 18.0 Å². The lowest BCUT2D eigenvalue weighted by atomic mass is 9.88. The van der Waals surface area contributed by atoms with Gasteiger partial charge in [0.1, 0.15) is 6.54 Å². The molecule has 0 fully saturated rings. The third kappa shape index (κ3) is 3.55. The van der Waals surface area contributed by atoms with Gasteiger partial charge in [0.15, 0.2) is 0 Å². The van der Waals surface area contributed by atoms with Crippen LogP contribution < -0.4 is 10.9 Å². The predicted octanol–water partition coefficient (Wildman–Crippen LogP) is 2.62. The smallest absolute Gasteiger partial charge is 0.267 e. The Kier molecular flexibility index (Phi) is 4.51. The highest BCUT2D eigenvalue weighted by Crippen LogP contribution is 2.22. The van der Waals surface area contributed by atoms with Gasteiger partial charge in [-0.05, 0) is 61.8 Å². The number of anilines is 1. The zero-order valence-corrected chi connectivity index (χ0v) is 14.4. The number of aromatic nitrogens is 2. The first-order chi connectivity index (χ1) is 11.4. The number of benzene rings is 1. The molecule has 1 unspecified atom stereocenters. The average Bonchev–Trinajstić information content (AvgIpc) is 2.52. The fourth-order valence-corrected chi connectivity index (χ4v) is 3.12. The fourth-order valence-electron chi connectivity index (χ4n) is 3.12. The number of hydrogen-bond donors (Lipinski definition) is 1. The Morgan fingerprint density at radius 1 is 1.33 bits per heavy atom. The number of nitrogens with one attached hydrogen (secondary N) is 1. The summed E-state index contributed by atoms with van der Waals surface area (Å²) in [6, 6.07) is 7.54. The van der Waals surface area contributed by atoms with E-state index in [1.165, 1.54) is 4.68 Å². The van der Waals surface area contributed by atoms with E-state index in [1.54, 1.807) is 6.07 Å². The maximum Gasteiger partial charge on any atom is 0.267 e. The number of hydrogen-bond acceptors (Lipinski definition) is 3. The normalized spacial score (nSPS) is 16.5. The van der Waals surface area contributed by atoms with Gasteiger partial charge in [0.2, 0.25) is 5.91 Å². The van der Waals surface area contributed by atoms with Crippen LogP contribution in [0.25, 0.3) is 0 Å². The topological polar surface area (TPSA) is 64.0 Å². The van der Waals surface area contributed by atoms with E-state index in [4.69, 9.17) is 0 Å². The minimum absolute atomic E-state index is 0.0605. The SMILES string of the molecule is Cc1ccc(C)c(NC(=O)Cn2nc3c(cc2=O)CC(C)CC3)c1. The van der Waals surface area contributed by atoms with E-state index < -0.39 is 0 Å². The molecule has 1 aromatic heterocycles. The minimum atomic E-state index is -0.234. The van der Waals surface area contributed by atoms with Gasteiger partial charge in [-0.3, -0.25) is 9.59 Å². The molecule has 0 radical (unpaired) electrons. The highest BCUT2D eigenvalue weighted by atomic mass is 16.2. The van der Waals surface area contributed by atoms with Crippen LogP contribution in [0.15, 0.2) is 29.1 Å². The summed E-state index contributed by atoms with van der Waals surface area (Å²) < 4.78 is 1.27. The van der Waals surface area contributed by atoms with E-state index in [2.05, 4.69) is 17.3 Å². The summed E-state index contributed by atoms with van der Waals surface area (Å²) in [6.45, 7) is 6.05. The molecule has 1 atom stereocenters. The number of carbonyl (C=O) groups excluding carboxylic acids is 1. The van der Waals surface area contributed by atoms with E-state index in [9.17, 15) is 9.59 Å². The molecule has 126 valence electrons. The third-order valence-corrected chi connectivity index (χ3v) is 4.57. The Bertz CT molecular complexity index is 839. The average molecular weight is 325 g/mol. The molecule has 1 heterocycles. The van der Waals surface area contributed by atoms with Gasteiger partial charge in [0.05, 0.1) is 5.69 Å². The zero-order valence-electron chi connectivity index (χ0n) is 14.4. The highest BCUT2D eigenvalue weighted by molar-refractivity contribution is 5.91. The van der Waals surface area contributed by atoms with Crippen LogP contribution in [0.3, 0.4) is 0 Å². The van der Waals surface area contributed by atoms with E-state index in [0.29, 0.717) is 5.92 Å². The number of aryl methyl sites for hydroxylation is 3. The molecule has 24 heavy (non-hydrogen) atoms. The van der Waals surface area contributed by atoms with Crippen molar-refractivity contribution in [3.8, 4) is 0 Å². The van der Waals surface area contributed by atoms with E-state index in [0.717, 1.165) is 47.3 Å². The quantitative estimate of drug-likeness (QED) is 0.943. The molecule has 5 nitrogen and oxygen atoms in total. The lowest BCUT2D eigenvalue weighted by Gasteiger charge is -2.20. The molecule has 1 amide bonds. The van der Waals surface area contributed by atoms with Crippen LogP contribution in [0.4, 0.5) is 5.69 Å². The van der Waals surface area contributed by atoms with Gasteiger partial charge in [-0.15, -0.1) is 0 Å². The van der Waals surface area contributed by atoms with Crippen molar-refractivity contribution in [1.82, 2.24) is 9.78 Å². The van der Waals surface area contributed by atoms with Gasteiger partial charge in [-0.2, -0.15) is 5.10 Å². The number of fused-ring (bicyclic) bond motifs is 1. The zero-order chi connectivity index (χ0) is 17.3. The molecule has 5 heteroatoms. The van der Waals surface area contributed by atoms with Gasteiger partial charge in [0, 0.05) is 11.8 Å². The molecule has 1 N–H and O–H groups in total. The Morgan fingerprint density at radius 3 is 2.92 bits per heavy atom. The van der Waals surface area contributed by atoms with E-state index in [1.807, 2.05) is 32.0 Å². The molecule has 0 saturated carbocycles. The maximum atomic E-state index is 12.3. The molecule has 0 spiro atoms. The van der Waals surface area contributed by atoms with Gasteiger partial charge in [0.25, 0.3) is 5.56 Å². The summed E-state index contributed by atoms with van der Waals surface area (Å²) in [5.41, 5.74) is 4.62. The van der Waals surface area contributed by atoms with Crippen molar-refractivity contribution >= 4 is 11.6 Å². The Balaban J connectivity index is 1.77. The van der Waals surface area contributed by atoms with Crippen molar-refractivity contribution in [1.29, 1.82) is 0 Å². The van der Waals surface area contributed by atoms with Gasteiger partial charge < -0.3 is 5.32 Å². The minimum Gasteiger partial charge on any atom is -0.324 e. The first-order valence-corrected chi connectivity index (χ1v) is 8.39. The largest absolute Gasteiger partial charge is 0.324 e. The molecule has 2 aromatic rings. The second-order valence-corrected chi connectivity index (χ2v) is 6.83. The second-order valence-electron chi connectivity index (χ2n) is 6.83. The Labute approximate surface area is 141 Å². The van der Waals surface area contributed by atoms with Crippen molar-refractivity contribution in [3.63, 3.8) is 0 Å². The summed E-state index contributed by atoms with van der Waals surface area (Å²) >= 11 is 0.